The molecule has 2 aromatic rings. The van der Waals surface area contributed by atoms with E-state index >= 15 is 0 Å². The highest BCUT2D eigenvalue weighted by Crippen LogP contribution is 2.27. The summed E-state index contributed by atoms with van der Waals surface area (Å²) >= 11 is 0. The SMILES string of the molecule is Cc1cc(S(=O)(=O)N(CCO)c2cccc(F)c2)c(F)cc1F. The molecule has 8 heteroatoms. The fraction of sp³-hybridized carbons (Fsp3) is 0.200. The number of halogens is 3. The third kappa shape index (κ3) is 3.48. The molecule has 124 valence electrons. The first-order chi connectivity index (χ1) is 10.8. The molecule has 0 unspecified atom stereocenters. The fourth-order valence-corrected chi connectivity index (χ4v) is 3.64. The van der Waals surface area contributed by atoms with Crippen molar-refractivity contribution in [2.24, 2.45) is 0 Å². The average Bonchev–Trinajstić information content (AvgIpc) is 2.48. The van der Waals surface area contributed by atoms with Gasteiger partial charge in [-0.25, -0.2) is 21.6 Å². The Morgan fingerprint density at radius 2 is 1.78 bits per heavy atom. The van der Waals surface area contributed by atoms with Gasteiger partial charge in [-0.1, -0.05) is 6.07 Å². The lowest BCUT2D eigenvalue weighted by Gasteiger charge is -2.24. The van der Waals surface area contributed by atoms with E-state index in [1.807, 2.05) is 0 Å². The number of benzene rings is 2. The van der Waals surface area contributed by atoms with Gasteiger partial charge >= 0.3 is 0 Å². The number of aliphatic hydroxyl groups is 1. The van der Waals surface area contributed by atoms with Gasteiger partial charge in [-0.05, 0) is 36.8 Å². The van der Waals surface area contributed by atoms with E-state index in [0.29, 0.717) is 10.4 Å². The molecule has 0 aliphatic heterocycles. The summed E-state index contributed by atoms with van der Waals surface area (Å²) in [5.41, 5.74) is -0.117. The summed E-state index contributed by atoms with van der Waals surface area (Å²) in [6.07, 6.45) is 0. The average molecular weight is 345 g/mol. The molecule has 0 saturated heterocycles. The second-order valence-electron chi connectivity index (χ2n) is 4.81. The molecular formula is C15H14F3NO3S. The molecule has 0 aliphatic rings. The Morgan fingerprint density at radius 1 is 1.09 bits per heavy atom. The Balaban J connectivity index is 2.60. The van der Waals surface area contributed by atoms with Crippen molar-refractivity contribution in [2.45, 2.75) is 11.8 Å². The molecule has 0 heterocycles. The van der Waals surface area contributed by atoms with Gasteiger partial charge in [-0.2, -0.15) is 0 Å². The van der Waals surface area contributed by atoms with Gasteiger partial charge in [0, 0.05) is 6.07 Å². The van der Waals surface area contributed by atoms with Gasteiger partial charge in [0.1, 0.15) is 22.3 Å². The molecule has 0 amide bonds. The van der Waals surface area contributed by atoms with E-state index in [-0.39, 0.29) is 11.3 Å². The summed E-state index contributed by atoms with van der Waals surface area (Å²) < 4.78 is 66.6. The maximum Gasteiger partial charge on any atom is 0.267 e. The van der Waals surface area contributed by atoms with Crippen molar-refractivity contribution in [2.75, 3.05) is 17.5 Å². The first kappa shape index (κ1) is 17.3. The minimum absolute atomic E-state index is 0.0480. The lowest BCUT2D eigenvalue weighted by atomic mass is 10.2. The molecular weight excluding hydrogens is 331 g/mol. The van der Waals surface area contributed by atoms with Gasteiger partial charge in [0.2, 0.25) is 0 Å². The number of nitrogens with zero attached hydrogens (tertiary/aromatic N) is 1. The molecule has 0 aliphatic carbocycles. The van der Waals surface area contributed by atoms with E-state index in [1.54, 1.807) is 0 Å². The maximum atomic E-state index is 13.9. The third-order valence-electron chi connectivity index (χ3n) is 3.18. The van der Waals surface area contributed by atoms with Crippen LogP contribution in [0.3, 0.4) is 0 Å². The van der Waals surface area contributed by atoms with Gasteiger partial charge in [-0.3, -0.25) is 4.31 Å². The van der Waals surface area contributed by atoms with Crippen LogP contribution in [0.4, 0.5) is 18.9 Å². The van der Waals surface area contributed by atoms with Crippen molar-refractivity contribution < 1.29 is 26.7 Å². The normalized spacial score (nSPS) is 11.5. The van der Waals surface area contributed by atoms with Crippen LogP contribution < -0.4 is 4.31 Å². The summed E-state index contributed by atoms with van der Waals surface area (Å²) in [7, 11) is -4.44. The molecule has 1 N–H and O–H groups in total. The van der Waals surface area contributed by atoms with Crippen LogP contribution in [0.25, 0.3) is 0 Å². The van der Waals surface area contributed by atoms with Crippen LogP contribution in [0.2, 0.25) is 0 Å². The Hall–Kier alpha value is -2.06. The number of aliphatic hydroxyl groups excluding tert-OH is 1. The van der Waals surface area contributed by atoms with Gasteiger partial charge in [0.05, 0.1) is 18.8 Å². The van der Waals surface area contributed by atoms with E-state index in [0.717, 1.165) is 18.2 Å². The number of anilines is 1. The topological polar surface area (TPSA) is 57.6 Å². The lowest BCUT2D eigenvalue weighted by molar-refractivity contribution is 0.306. The van der Waals surface area contributed by atoms with Crippen molar-refractivity contribution in [3.63, 3.8) is 0 Å². The molecule has 0 radical (unpaired) electrons. The monoisotopic (exact) mass is 345 g/mol. The predicted molar refractivity (Wildman–Crippen MR) is 79.1 cm³/mol. The van der Waals surface area contributed by atoms with Crippen molar-refractivity contribution in [3.8, 4) is 0 Å². The summed E-state index contributed by atoms with van der Waals surface area (Å²) in [6, 6.07) is 6.01. The van der Waals surface area contributed by atoms with E-state index < -0.39 is 45.5 Å². The first-order valence-corrected chi connectivity index (χ1v) is 8.06. The van der Waals surface area contributed by atoms with Crippen LogP contribution in [0.5, 0.6) is 0 Å². The molecule has 0 aromatic heterocycles. The van der Waals surface area contributed by atoms with Gasteiger partial charge < -0.3 is 5.11 Å². The van der Waals surface area contributed by atoms with Gasteiger partial charge in [0.25, 0.3) is 10.0 Å². The molecule has 0 atom stereocenters. The summed E-state index contributed by atoms with van der Waals surface area (Å²) in [6.45, 7) is 0.339. The number of hydrogen-bond acceptors (Lipinski definition) is 3. The molecule has 0 fully saturated rings. The molecule has 2 rings (SSSR count). The number of aryl methyl sites for hydroxylation is 1. The highest BCUT2D eigenvalue weighted by Gasteiger charge is 2.28. The zero-order valence-corrected chi connectivity index (χ0v) is 12.9. The lowest BCUT2D eigenvalue weighted by Crippen LogP contribution is -2.34. The molecule has 4 nitrogen and oxygen atoms in total. The van der Waals surface area contributed by atoms with Gasteiger partial charge in [0.15, 0.2) is 0 Å². The van der Waals surface area contributed by atoms with Crippen LogP contribution in [0.1, 0.15) is 5.56 Å². The van der Waals surface area contributed by atoms with Crippen molar-refractivity contribution >= 4 is 15.7 Å². The zero-order valence-electron chi connectivity index (χ0n) is 12.1. The Labute approximate surface area is 131 Å². The highest BCUT2D eigenvalue weighted by atomic mass is 32.2. The van der Waals surface area contributed by atoms with Crippen LogP contribution in [0, 0.1) is 24.4 Å². The third-order valence-corrected chi connectivity index (χ3v) is 5.02. The van der Waals surface area contributed by atoms with Crippen molar-refractivity contribution in [3.05, 3.63) is 59.4 Å². The quantitative estimate of drug-likeness (QED) is 0.906. The largest absolute Gasteiger partial charge is 0.394 e. The summed E-state index contributed by atoms with van der Waals surface area (Å²) in [5, 5.41) is 9.09. The van der Waals surface area contributed by atoms with E-state index in [9.17, 15) is 21.6 Å². The number of hydrogen-bond donors (Lipinski definition) is 1. The Morgan fingerprint density at radius 3 is 2.39 bits per heavy atom. The number of sulfonamides is 1. The van der Waals surface area contributed by atoms with Crippen LogP contribution in [0.15, 0.2) is 41.3 Å². The highest BCUT2D eigenvalue weighted by molar-refractivity contribution is 7.92. The van der Waals surface area contributed by atoms with E-state index in [1.165, 1.54) is 19.1 Å². The summed E-state index contributed by atoms with van der Waals surface area (Å²) in [4.78, 5) is -0.742. The maximum absolute atomic E-state index is 13.9. The molecule has 23 heavy (non-hydrogen) atoms. The van der Waals surface area contributed by atoms with Crippen molar-refractivity contribution in [1.82, 2.24) is 0 Å². The van der Waals surface area contributed by atoms with Crippen LogP contribution in [-0.4, -0.2) is 26.7 Å². The van der Waals surface area contributed by atoms with Gasteiger partial charge in [-0.15, -0.1) is 0 Å². The standard InChI is InChI=1S/C15H14F3NO3S/c1-10-7-15(14(18)9-13(10)17)23(21,22)19(5-6-20)12-4-2-3-11(16)8-12/h2-4,7-9,20H,5-6H2,1H3. The fourth-order valence-electron chi connectivity index (χ4n) is 2.06. The van der Waals surface area contributed by atoms with E-state index in [2.05, 4.69) is 0 Å². The van der Waals surface area contributed by atoms with Crippen molar-refractivity contribution in [1.29, 1.82) is 0 Å². The molecule has 0 saturated carbocycles. The minimum Gasteiger partial charge on any atom is -0.394 e. The molecule has 2 aromatic carbocycles. The Bertz CT molecular complexity index is 825. The predicted octanol–water partition coefficient (Wildman–Crippen LogP) is 2.60. The zero-order chi connectivity index (χ0) is 17.2. The first-order valence-electron chi connectivity index (χ1n) is 6.62. The molecule has 0 spiro atoms. The van der Waals surface area contributed by atoms with E-state index in [4.69, 9.17) is 5.11 Å². The van der Waals surface area contributed by atoms with Crippen LogP contribution >= 0.6 is 0 Å². The molecule has 0 bridgehead atoms. The minimum atomic E-state index is -4.44. The Kier molecular flexibility index (Phi) is 4.96. The van der Waals surface area contributed by atoms with Crippen LogP contribution in [-0.2, 0) is 10.0 Å². The number of rotatable bonds is 5. The second-order valence-corrected chi connectivity index (χ2v) is 6.64. The summed E-state index contributed by atoms with van der Waals surface area (Å²) in [5.74, 6) is -2.82. The second kappa shape index (κ2) is 6.59. The smallest absolute Gasteiger partial charge is 0.267 e.